The number of nitrogens with one attached hydrogen (secondary N) is 1. The third-order valence-electron chi connectivity index (χ3n) is 6.24. The van der Waals surface area contributed by atoms with Gasteiger partial charge in [0, 0.05) is 24.9 Å². The number of primary amides is 1. The molecule has 1 saturated heterocycles. The van der Waals surface area contributed by atoms with Crippen LogP contribution in [0.1, 0.15) is 44.6 Å². The van der Waals surface area contributed by atoms with Crippen LogP contribution >= 0.6 is 11.5 Å². The van der Waals surface area contributed by atoms with Crippen LogP contribution in [0.2, 0.25) is 0 Å². The molecule has 0 saturated carbocycles. The molecule has 0 spiro atoms. The highest BCUT2D eigenvalue weighted by Crippen LogP contribution is 2.38. The van der Waals surface area contributed by atoms with Gasteiger partial charge < -0.3 is 31.0 Å². The van der Waals surface area contributed by atoms with Gasteiger partial charge in [-0.15, -0.1) is 0 Å². The molecule has 3 amide bonds. The molecule has 4 rings (SSSR count). The summed E-state index contributed by atoms with van der Waals surface area (Å²) in [5, 5.41) is 2.86. The zero-order valence-electron chi connectivity index (χ0n) is 21.3. The molecule has 2 aromatic carbocycles. The van der Waals surface area contributed by atoms with E-state index in [0.717, 1.165) is 12.8 Å². The molecule has 1 aliphatic rings. The second-order valence-electron chi connectivity index (χ2n) is 8.69. The minimum absolute atomic E-state index is 0.0994. The first-order valence-corrected chi connectivity index (χ1v) is 12.8. The molecular weight excluding hydrogens is 529 g/mol. The zero-order valence-corrected chi connectivity index (χ0v) is 22.1. The van der Waals surface area contributed by atoms with Crippen molar-refractivity contribution in [3.63, 3.8) is 0 Å². The van der Waals surface area contributed by atoms with Crippen LogP contribution in [0.3, 0.4) is 0 Å². The van der Waals surface area contributed by atoms with Crippen LogP contribution in [-0.4, -0.2) is 55.6 Å². The molecular formula is C26H28FN5O6S. The van der Waals surface area contributed by atoms with Crippen molar-refractivity contribution >= 4 is 40.6 Å². The Morgan fingerprint density at radius 3 is 2.49 bits per heavy atom. The van der Waals surface area contributed by atoms with Gasteiger partial charge in [0.1, 0.15) is 16.7 Å². The van der Waals surface area contributed by atoms with Gasteiger partial charge in [-0.3, -0.25) is 19.3 Å². The van der Waals surface area contributed by atoms with E-state index in [1.165, 1.54) is 49.5 Å². The highest BCUT2D eigenvalue weighted by atomic mass is 32.1. The monoisotopic (exact) mass is 557 g/mol. The Kier molecular flexibility index (Phi) is 8.62. The highest BCUT2D eigenvalue weighted by molar-refractivity contribution is 7.09. The molecule has 1 aliphatic heterocycles. The summed E-state index contributed by atoms with van der Waals surface area (Å²) >= 11 is 0.679. The number of hydrogen-bond acceptors (Lipinski definition) is 9. The van der Waals surface area contributed by atoms with Crippen LogP contribution in [0.25, 0.3) is 0 Å². The Morgan fingerprint density at radius 1 is 1.18 bits per heavy atom. The summed E-state index contributed by atoms with van der Waals surface area (Å²) in [6.45, 7) is 0.823. The molecule has 39 heavy (non-hydrogen) atoms. The van der Waals surface area contributed by atoms with Gasteiger partial charge >= 0.3 is 0 Å². The largest absolute Gasteiger partial charge is 0.493 e. The number of methoxy groups -OCH3 is 2. The number of carbonyl (C=O) groups excluding carboxylic acids is 3. The molecule has 0 unspecified atom stereocenters. The fourth-order valence-corrected chi connectivity index (χ4v) is 5.02. The number of anilines is 2. The molecule has 5 N–H and O–H groups in total. The predicted molar refractivity (Wildman–Crippen MR) is 143 cm³/mol. The Hall–Kier alpha value is -4.23. The molecule has 11 nitrogen and oxygen atoms in total. The summed E-state index contributed by atoms with van der Waals surface area (Å²) < 4.78 is 34.2. The van der Waals surface area contributed by atoms with Gasteiger partial charge in [-0.05, 0) is 54.2 Å². The number of nitrogens with zero attached hydrogens (tertiary/aromatic N) is 2. The summed E-state index contributed by atoms with van der Waals surface area (Å²) in [6.07, 6.45) is 1.50. The van der Waals surface area contributed by atoms with Gasteiger partial charge in [0.25, 0.3) is 11.8 Å². The molecule has 13 heteroatoms. The maximum absolute atomic E-state index is 14.1. The van der Waals surface area contributed by atoms with E-state index in [1.54, 1.807) is 12.1 Å². The summed E-state index contributed by atoms with van der Waals surface area (Å²) in [5.41, 5.74) is 11.5. The Morgan fingerprint density at radius 2 is 1.90 bits per heavy atom. The van der Waals surface area contributed by atoms with E-state index in [-0.39, 0.29) is 34.6 Å². The molecule has 206 valence electrons. The summed E-state index contributed by atoms with van der Waals surface area (Å²) in [5.74, 6) is -2.00. The normalized spacial score (nSPS) is 15.4. The maximum atomic E-state index is 14.1. The first-order chi connectivity index (χ1) is 18.7. The minimum Gasteiger partial charge on any atom is -0.493 e. The fraction of sp³-hybridized carbons (Fsp3) is 0.308. The van der Waals surface area contributed by atoms with Gasteiger partial charge in [0.2, 0.25) is 5.91 Å². The molecule has 0 radical (unpaired) electrons. The lowest BCUT2D eigenvalue weighted by molar-refractivity contribution is -0.123. The van der Waals surface area contributed by atoms with Gasteiger partial charge in [-0.25, -0.2) is 4.39 Å². The van der Waals surface area contributed by atoms with Gasteiger partial charge in [0.05, 0.1) is 26.0 Å². The van der Waals surface area contributed by atoms with Crippen molar-refractivity contribution in [2.75, 3.05) is 38.0 Å². The quantitative estimate of drug-likeness (QED) is 0.343. The number of nitrogen functional groups attached to an aromatic ring is 1. The molecule has 2 heterocycles. The van der Waals surface area contributed by atoms with E-state index in [2.05, 4.69) is 9.69 Å². The SMILES string of the molecule is COc1ccc(N(C(=O)c2snc(C(N)=O)c2N)[C@H](C(=O)NC[C@H]2CCCO2)c2ccc(F)cc2)cc1OC. The highest BCUT2D eigenvalue weighted by Gasteiger charge is 2.37. The second-order valence-corrected chi connectivity index (χ2v) is 9.46. The summed E-state index contributed by atoms with van der Waals surface area (Å²) in [6, 6.07) is 8.59. The number of amides is 3. The second kappa shape index (κ2) is 12.1. The Balaban J connectivity index is 1.85. The number of aromatic nitrogens is 1. The van der Waals surface area contributed by atoms with E-state index in [0.29, 0.717) is 35.2 Å². The van der Waals surface area contributed by atoms with Gasteiger partial charge in [0.15, 0.2) is 17.2 Å². The first kappa shape index (κ1) is 27.8. The van der Waals surface area contributed by atoms with Crippen molar-refractivity contribution in [1.82, 2.24) is 9.69 Å². The Labute approximate surface area is 228 Å². The first-order valence-electron chi connectivity index (χ1n) is 12.0. The number of benzene rings is 2. The van der Waals surface area contributed by atoms with Crippen molar-refractivity contribution in [1.29, 1.82) is 0 Å². The number of ether oxygens (including phenoxy) is 3. The molecule has 1 aromatic heterocycles. The third kappa shape index (κ3) is 5.94. The van der Waals surface area contributed by atoms with Crippen LogP contribution in [-0.2, 0) is 9.53 Å². The van der Waals surface area contributed by atoms with Crippen molar-refractivity contribution < 1.29 is 33.0 Å². The molecule has 1 fully saturated rings. The number of halogens is 1. The van der Waals surface area contributed by atoms with Crippen LogP contribution in [0.4, 0.5) is 15.8 Å². The number of nitrogens with two attached hydrogens (primary N) is 2. The Bertz CT molecular complexity index is 1360. The molecule has 0 aliphatic carbocycles. The summed E-state index contributed by atoms with van der Waals surface area (Å²) in [7, 11) is 2.89. The van der Waals surface area contributed by atoms with E-state index in [9.17, 15) is 18.8 Å². The van der Waals surface area contributed by atoms with Crippen molar-refractivity contribution in [2.24, 2.45) is 5.73 Å². The average Bonchev–Trinajstić information content (AvgIpc) is 3.60. The number of carbonyl (C=O) groups is 3. The van der Waals surface area contributed by atoms with Crippen LogP contribution in [0.15, 0.2) is 42.5 Å². The van der Waals surface area contributed by atoms with Crippen molar-refractivity contribution in [3.05, 3.63) is 64.4 Å². The molecule has 3 aromatic rings. The fourth-order valence-electron chi connectivity index (χ4n) is 4.28. The van der Waals surface area contributed by atoms with Gasteiger partial charge in [-0.2, -0.15) is 4.37 Å². The van der Waals surface area contributed by atoms with E-state index >= 15 is 0 Å². The topological polar surface area (TPSA) is 159 Å². The van der Waals surface area contributed by atoms with Crippen LogP contribution in [0, 0.1) is 5.82 Å². The molecule has 2 atom stereocenters. The van der Waals surface area contributed by atoms with E-state index in [1.807, 2.05) is 0 Å². The predicted octanol–water partition coefficient (Wildman–Crippen LogP) is 2.66. The number of rotatable bonds is 10. The minimum atomic E-state index is -1.28. The van der Waals surface area contributed by atoms with Crippen molar-refractivity contribution in [2.45, 2.75) is 25.0 Å². The van der Waals surface area contributed by atoms with E-state index < -0.39 is 29.6 Å². The summed E-state index contributed by atoms with van der Waals surface area (Å²) in [4.78, 5) is 40.8. The maximum Gasteiger partial charge on any atom is 0.273 e. The van der Waals surface area contributed by atoms with E-state index in [4.69, 9.17) is 25.7 Å². The lowest BCUT2D eigenvalue weighted by Gasteiger charge is -2.32. The zero-order chi connectivity index (χ0) is 28.1. The van der Waals surface area contributed by atoms with Crippen molar-refractivity contribution in [3.8, 4) is 11.5 Å². The van der Waals surface area contributed by atoms with Gasteiger partial charge in [-0.1, -0.05) is 12.1 Å². The smallest absolute Gasteiger partial charge is 0.273 e. The molecule has 0 bridgehead atoms. The lowest BCUT2D eigenvalue weighted by atomic mass is 10.0. The lowest BCUT2D eigenvalue weighted by Crippen LogP contribution is -2.45. The average molecular weight is 558 g/mol. The standard InChI is InChI=1S/C26H28FN5O6S/c1-36-18-10-9-16(12-19(18)37-2)32(26(35)23-20(28)21(24(29)33)31-39-23)22(14-5-7-15(27)8-6-14)25(34)30-13-17-4-3-11-38-17/h5-10,12,17,22H,3-4,11,13,28H2,1-2H3,(H2,29,33)(H,30,34)/t17-,22+/m1/s1. The van der Waals surface area contributed by atoms with Crippen LogP contribution in [0.5, 0.6) is 11.5 Å². The number of hydrogen-bond donors (Lipinski definition) is 3. The third-order valence-corrected chi connectivity index (χ3v) is 7.09. The van der Waals surface area contributed by atoms with Crippen LogP contribution < -0.4 is 31.2 Å².